The van der Waals surface area contributed by atoms with Gasteiger partial charge in [-0.25, -0.2) is 16.8 Å². The molecule has 0 bridgehead atoms. The summed E-state index contributed by atoms with van der Waals surface area (Å²) in [7, 11) is -5.24. The van der Waals surface area contributed by atoms with Gasteiger partial charge in [-0.3, -0.25) is 0 Å². The zero-order chi connectivity index (χ0) is 15.3. The Hall–Kier alpha value is -1.12. The normalized spacial score (nSPS) is 21.0. The molecule has 0 radical (unpaired) electrons. The third-order valence-electron chi connectivity index (χ3n) is 3.95. The molecule has 0 atom stereocenters. The second-order valence-electron chi connectivity index (χ2n) is 5.40. The summed E-state index contributed by atoms with van der Waals surface area (Å²) >= 11 is 0. The van der Waals surface area contributed by atoms with Crippen LogP contribution in [0, 0.1) is 0 Å². The van der Waals surface area contributed by atoms with Crippen molar-refractivity contribution in [2.45, 2.75) is 28.2 Å². The average Bonchev–Trinajstić information content (AvgIpc) is 3.20. The van der Waals surface area contributed by atoms with Crippen LogP contribution in [0.2, 0.25) is 0 Å². The van der Waals surface area contributed by atoms with Crippen LogP contribution in [-0.2, 0) is 19.9 Å². The number of sulfone groups is 1. The summed E-state index contributed by atoms with van der Waals surface area (Å²) in [6, 6.07) is 6.16. The van der Waals surface area contributed by atoms with Crippen LogP contribution in [0.4, 0.5) is 0 Å². The standard InChI is InChI=1S/C13H17NO5S2/c1-19-10-2-4-11(5-3-10)20(15,16)13-8-14(9-13)21(17,18)12-6-7-12/h2-5,12-13H,6-9H2,1H3. The van der Waals surface area contributed by atoms with Crippen molar-refractivity contribution in [2.75, 3.05) is 20.2 Å². The molecule has 1 aliphatic carbocycles. The molecule has 1 aliphatic heterocycles. The molecule has 6 nitrogen and oxygen atoms in total. The molecule has 21 heavy (non-hydrogen) atoms. The first-order chi connectivity index (χ1) is 9.85. The molecule has 1 aromatic carbocycles. The third-order valence-corrected chi connectivity index (χ3v) is 8.38. The van der Waals surface area contributed by atoms with Crippen LogP contribution < -0.4 is 4.74 Å². The highest BCUT2D eigenvalue weighted by Gasteiger charge is 2.48. The van der Waals surface area contributed by atoms with Gasteiger partial charge in [0, 0.05) is 13.1 Å². The summed E-state index contributed by atoms with van der Waals surface area (Å²) in [6.07, 6.45) is 1.38. The molecule has 3 rings (SSSR count). The maximum Gasteiger partial charge on any atom is 0.217 e. The number of benzene rings is 1. The smallest absolute Gasteiger partial charge is 0.217 e. The Morgan fingerprint density at radius 2 is 1.57 bits per heavy atom. The van der Waals surface area contributed by atoms with Crippen molar-refractivity contribution in [2.24, 2.45) is 0 Å². The van der Waals surface area contributed by atoms with E-state index in [1.54, 1.807) is 12.1 Å². The summed E-state index contributed by atoms with van der Waals surface area (Å²) < 4.78 is 55.1. The molecule has 8 heteroatoms. The lowest BCUT2D eigenvalue weighted by Crippen LogP contribution is -2.57. The molecule has 0 N–H and O–H groups in total. The van der Waals surface area contributed by atoms with E-state index in [-0.39, 0.29) is 23.2 Å². The van der Waals surface area contributed by atoms with Gasteiger partial charge in [0.15, 0.2) is 9.84 Å². The Morgan fingerprint density at radius 3 is 2.05 bits per heavy atom. The van der Waals surface area contributed by atoms with Crippen molar-refractivity contribution in [1.82, 2.24) is 4.31 Å². The molecule has 116 valence electrons. The molecule has 1 saturated carbocycles. The van der Waals surface area contributed by atoms with Gasteiger partial charge < -0.3 is 4.74 Å². The first kappa shape index (κ1) is 14.8. The van der Waals surface area contributed by atoms with Crippen molar-refractivity contribution in [3.8, 4) is 5.75 Å². The van der Waals surface area contributed by atoms with E-state index in [1.165, 1.54) is 23.5 Å². The van der Waals surface area contributed by atoms with Gasteiger partial charge in [0.2, 0.25) is 10.0 Å². The molecule has 0 amide bonds. The molecule has 2 fully saturated rings. The molecule has 0 spiro atoms. The lowest BCUT2D eigenvalue weighted by atomic mass is 10.3. The fraction of sp³-hybridized carbons (Fsp3) is 0.538. The molecule has 1 heterocycles. The SMILES string of the molecule is COc1ccc(S(=O)(=O)C2CN(S(=O)(=O)C3CC3)C2)cc1. The zero-order valence-electron chi connectivity index (χ0n) is 11.6. The molecule has 1 saturated heterocycles. The van der Waals surface area contributed by atoms with Crippen LogP contribution in [0.5, 0.6) is 5.75 Å². The van der Waals surface area contributed by atoms with E-state index >= 15 is 0 Å². The van der Waals surface area contributed by atoms with Crippen LogP contribution in [0.25, 0.3) is 0 Å². The quantitative estimate of drug-likeness (QED) is 0.791. The minimum absolute atomic E-state index is 0.0627. The first-order valence-electron chi connectivity index (χ1n) is 6.72. The predicted molar refractivity (Wildman–Crippen MR) is 77.5 cm³/mol. The van der Waals surface area contributed by atoms with Crippen molar-refractivity contribution in [1.29, 1.82) is 0 Å². The van der Waals surface area contributed by atoms with E-state index in [2.05, 4.69) is 0 Å². The maximum absolute atomic E-state index is 12.4. The monoisotopic (exact) mass is 331 g/mol. The van der Waals surface area contributed by atoms with Crippen LogP contribution in [-0.4, -0.2) is 51.8 Å². The predicted octanol–water partition coefficient (Wildman–Crippen LogP) is 0.645. The van der Waals surface area contributed by atoms with Gasteiger partial charge in [0.25, 0.3) is 0 Å². The molecule has 2 aliphatic rings. The number of hydrogen-bond donors (Lipinski definition) is 0. The second kappa shape index (κ2) is 4.96. The average molecular weight is 331 g/mol. The highest BCUT2D eigenvalue weighted by Crippen LogP contribution is 2.35. The van der Waals surface area contributed by atoms with E-state index in [9.17, 15) is 16.8 Å². The fourth-order valence-electron chi connectivity index (χ4n) is 2.34. The lowest BCUT2D eigenvalue weighted by molar-refractivity contribution is 0.309. The van der Waals surface area contributed by atoms with E-state index in [1.807, 2.05) is 0 Å². The zero-order valence-corrected chi connectivity index (χ0v) is 13.2. The van der Waals surface area contributed by atoms with Gasteiger partial charge in [0.05, 0.1) is 22.5 Å². The van der Waals surface area contributed by atoms with E-state index < -0.39 is 25.1 Å². The maximum atomic E-state index is 12.4. The highest BCUT2D eigenvalue weighted by atomic mass is 32.2. The minimum Gasteiger partial charge on any atom is -0.497 e. The van der Waals surface area contributed by atoms with Gasteiger partial charge >= 0.3 is 0 Å². The summed E-state index contributed by atoms with van der Waals surface area (Å²) in [4.78, 5) is 0.205. The van der Waals surface area contributed by atoms with E-state index in [0.29, 0.717) is 18.6 Å². The van der Waals surface area contributed by atoms with Gasteiger partial charge in [-0.1, -0.05) is 0 Å². The largest absolute Gasteiger partial charge is 0.497 e. The van der Waals surface area contributed by atoms with Crippen LogP contribution in [0.1, 0.15) is 12.8 Å². The number of ether oxygens (including phenoxy) is 1. The lowest BCUT2D eigenvalue weighted by Gasteiger charge is -2.37. The van der Waals surface area contributed by atoms with E-state index in [0.717, 1.165) is 0 Å². The summed E-state index contributed by atoms with van der Waals surface area (Å²) in [6.45, 7) is 0.125. The van der Waals surface area contributed by atoms with Crippen LogP contribution in [0.3, 0.4) is 0 Å². The van der Waals surface area contributed by atoms with Crippen LogP contribution in [0.15, 0.2) is 29.2 Å². The van der Waals surface area contributed by atoms with Crippen molar-refractivity contribution >= 4 is 19.9 Å². The van der Waals surface area contributed by atoms with Gasteiger partial charge in [-0.05, 0) is 37.1 Å². The molecule has 0 aromatic heterocycles. The van der Waals surface area contributed by atoms with Crippen molar-refractivity contribution < 1.29 is 21.6 Å². The Balaban J connectivity index is 1.72. The Kier molecular flexibility index (Phi) is 3.50. The van der Waals surface area contributed by atoms with Gasteiger partial charge in [-0.2, -0.15) is 4.31 Å². The topological polar surface area (TPSA) is 80.8 Å². The van der Waals surface area contributed by atoms with Gasteiger partial charge in [-0.15, -0.1) is 0 Å². The number of rotatable bonds is 5. The van der Waals surface area contributed by atoms with Crippen LogP contribution >= 0.6 is 0 Å². The molecular weight excluding hydrogens is 314 g/mol. The van der Waals surface area contributed by atoms with Crippen molar-refractivity contribution in [3.63, 3.8) is 0 Å². The second-order valence-corrected chi connectivity index (χ2v) is 9.84. The highest BCUT2D eigenvalue weighted by molar-refractivity contribution is 7.93. The number of methoxy groups -OCH3 is 1. The first-order valence-corrected chi connectivity index (χ1v) is 9.77. The van der Waals surface area contributed by atoms with E-state index in [4.69, 9.17) is 4.74 Å². The third kappa shape index (κ3) is 2.56. The molecule has 1 aromatic rings. The Bertz CT molecular complexity index is 729. The number of nitrogens with zero attached hydrogens (tertiary/aromatic N) is 1. The number of sulfonamides is 1. The minimum atomic E-state index is -3.49. The van der Waals surface area contributed by atoms with Gasteiger partial charge in [0.1, 0.15) is 5.75 Å². The Labute approximate surface area is 124 Å². The Morgan fingerprint density at radius 1 is 1.00 bits per heavy atom. The fourth-order valence-corrected chi connectivity index (χ4v) is 6.11. The summed E-state index contributed by atoms with van der Waals surface area (Å²) in [5.74, 6) is 0.584. The summed E-state index contributed by atoms with van der Waals surface area (Å²) in [5, 5.41) is -0.943. The number of hydrogen-bond acceptors (Lipinski definition) is 5. The van der Waals surface area contributed by atoms with Crippen molar-refractivity contribution in [3.05, 3.63) is 24.3 Å². The summed E-state index contributed by atoms with van der Waals surface area (Å²) in [5.41, 5.74) is 0. The molecular formula is C13H17NO5S2. The molecule has 0 unspecified atom stereocenters.